The Balaban J connectivity index is 2.90. The van der Waals surface area contributed by atoms with Gasteiger partial charge in [0.1, 0.15) is 12.2 Å². The molecule has 1 aromatic rings. The molecule has 1 aromatic heterocycles. The van der Waals surface area contributed by atoms with Crippen LogP contribution in [-0.2, 0) is 23.0 Å². The van der Waals surface area contributed by atoms with Crippen molar-refractivity contribution in [3.8, 4) is 0 Å². The monoisotopic (exact) mass is 269 g/mol. The highest BCUT2D eigenvalue weighted by atomic mass is 16.5. The van der Waals surface area contributed by atoms with E-state index in [1.165, 1.54) is 16.7 Å². The molecule has 0 bridgehead atoms. The number of nitrogens with zero attached hydrogens (tertiary/aromatic N) is 3. The normalized spacial score (nSPS) is 10.5. The van der Waals surface area contributed by atoms with Gasteiger partial charge < -0.3 is 14.7 Å². The molecule has 106 valence electrons. The van der Waals surface area contributed by atoms with Gasteiger partial charge in [-0.1, -0.05) is 6.92 Å². The summed E-state index contributed by atoms with van der Waals surface area (Å²) in [4.78, 5) is 24.3. The van der Waals surface area contributed by atoms with Crippen molar-refractivity contribution in [2.75, 3.05) is 26.8 Å². The summed E-state index contributed by atoms with van der Waals surface area (Å²) in [7, 11) is 3.17. The summed E-state index contributed by atoms with van der Waals surface area (Å²) in [6, 6.07) is 1.68. The van der Waals surface area contributed by atoms with Gasteiger partial charge in [0.25, 0.3) is 5.91 Å². The lowest BCUT2D eigenvalue weighted by Gasteiger charge is -2.20. The average Bonchev–Trinajstić information content (AvgIpc) is 2.74. The fraction of sp³-hybridized carbons (Fsp3) is 0.583. The van der Waals surface area contributed by atoms with Crippen molar-refractivity contribution in [1.29, 1.82) is 0 Å². The molecular formula is C12H19N3O4. The van der Waals surface area contributed by atoms with Crippen LogP contribution in [-0.4, -0.2) is 58.5 Å². The van der Waals surface area contributed by atoms with E-state index in [0.717, 1.165) is 12.1 Å². The number of carbonyl (C=O) groups is 2. The first-order valence-electron chi connectivity index (χ1n) is 6.02. The molecule has 1 rings (SSSR count). The molecule has 0 aliphatic carbocycles. The van der Waals surface area contributed by atoms with Gasteiger partial charge in [-0.25, -0.2) is 0 Å². The first-order valence-corrected chi connectivity index (χ1v) is 6.02. The molecule has 0 saturated carbocycles. The van der Waals surface area contributed by atoms with E-state index in [1.807, 2.05) is 6.92 Å². The van der Waals surface area contributed by atoms with E-state index in [0.29, 0.717) is 5.69 Å². The van der Waals surface area contributed by atoms with Gasteiger partial charge in [-0.15, -0.1) is 0 Å². The number of ether oxygens (including phenoxy) is 1. The molecule has 0 aliphatic rings. The number of aromatic nitrogens is 2. The summed E-state index contributed by atoms with van der Waals surface area (Å²) in [5.74, 6) is -1.41. The molecule has 1 heterocycles. The predicted molar refractivity (Wildman–Crippen MR) is 68.0 cm³/mol. The highest BCUT2D eigenvalue weighted by Crippen LogP contribution is 2.08. The number of aryl methyl sites for hydroxylation is 2. The lowest BCUT2D eigenvalue weighted by Crippen LogP contribution is -2.38. The van der Waals surface area contributed by atoms with Crippen LogP contribution in [0.1, 0.15) is 23.1 Å². The maximum absolute atomic E-state index is 12.3. The number of carboxylic acid groups (broad SMARTS) is 1. The van der Waals surface area contributed by atoms with Gasteiger partial charge in [0, 0.05) is 20.7 Å². The minimum Gasteiger partial charge on any atom is -0.480 e. The summed E-state index contributed by atoms with van der Waals surface area (Å²) in [6.07, 6.45) is 0.720. The highest BCUT2D eigenvalue weighted by Gasteiger charge is 2.21. The van der Waals surface area contributed by atoms with Crippen molar-refractivity contribution in [3.63, 3.8) is 0 Å². The Morgan fingerprint density at radius 1 is 1.53 bits per heavy atom. The Hall–Kier alpha value is -1.89. The van der Waals surface area contributed by atoms with Gasteiger partial charge in [-0.3, -0.25) is 14.3 Å². The number of methoxy groups -OCH3 is 1. The van der Waals surface area contributed by atoms with E-state index >= 15 is 0 Å². The quantitative estimate of drug-likeness (QED) is 0.762. The van der Waals surface area contributed by atoms with Crippen LogP contribution in [0.4, 0.5) is 0 Å². The van der Waals surface area contributed by atoms with Crippen molar-refractivity contribution >= 4 is 11.9 Å². The van der Waals surface area contributed by atoms with Crippen LogP contribution in [0.3, 0.4) is 0 Å². The van der Waals surface area contributed by atoms with E-state index in [2.05, 4.69) is 5.10 Å². The van der Waals surface area contributed by atoms with Crippen LogP contribution in [0.5, 0.6) is 0 Å². The number of amides is 1. The van der Waals surface area contributed by atoms with Crippen LogP contribution >= 0.6 is 0 Å². The summed E-state index contributed by atoms with van der Waals surface area (Å²) in [5, 5.41) is 13.0. The third-order valence-electron chi connectivity index (χ3n) is 2.69. The zero-order valence-electron chi connectivity index (χ0n) is 11.4. The van der Waals surface area contributed by atoms with Gasteiger partial charge in [0.2, 0.25) is 0 Å². The first-order chi connectivity index (χ1) is 8.99. The molecule has 0 fully saturated rings. The molecule has 0 saturated heterocycles. The second-order valence-electron chi connectivity index (χ2n) is 4.11. The summed E-state index contributed by atoms with van der Waals surface area (Å²) in [6.45, 7) is 2.11. The number of hydrogen-bond donors (Lipinski definition) is 1. The van der Waals surface area contributed by atoms with Crippen LogP contribution in [0, 0.1) is 0 Å². The zero-order valence-corrected chi connectivity index (χ0v) is 11.4. The minimum atomic E-state index is -1.05. The third-order valence-corrected chi connectivity index (χ3v) is 2.69. The SMILES string of the molecule is CCc1cc(C(=O)N(CCOC)CC(=O)O)n(C)n1. The van der Waals surface area contributed by atoms with Crippen molar-refractivity contribution in [3.05, 3.63) is 17.5 Å². The van der Waals surface area contributed by atoms with Gasteiger partial charge in [0.15, 0.2) is 0 Å². The van der Waals surface area contributed by atoms with E-state index < -0.39 is 5.97 Å². The number of aliphatic carboxylic acids is 1. The minimum absolute atomic E-state index is 0.230. The average molecular weight is 269 g/mol. The Bertz CT molecular complexity index is 456. The second-order valence-corrected chi connectivity index (χ2v) is 4.11. The summed E-state index contributed by atoms with van der Waals surface area (Å²) >= 11 is 0. The van der Waals surface area contributed by atoms with Crippen molar-refractivity contribution in [2.24, 2.45) is 7.05 Å². The molecule has 1 amide bonds. The Labute approximate surface area is 111 Å². The van der Waals surface area contributed by atoms with Crippen molar-refractivity contribution in [2.45, 2.75) is 13.3 Å². The highest BCUT2D eigenvalue weighted by molar-refractivity contribution is 5.94. The van der Waals surface area contributed by atoms with Crippen LogP contribution < -0.4 is 0 Å². The third kappa shape index (κ3) is 4.06. The van der Waals surface area contributed by atoms with Crippen LogP contribution in [0.2, 0.25) is 0 Å². The van der Waals surface area contributed by atoms with Crippen molar-refractivity contribution in [1.82, 2.24) is 14.7 Å². The molecule has 1 N–H and O–H groups in total. The largest absolute Gasteiger partial charge is 0.480 e. The molecule has 0 radical (unpaired) electrons. The second kappa shape index (κ2) is 6.89. The summed E-state index contributed by atoms with van der Waals surface area (Å²) in [5.41, 5.74) is 1.18. The molecule has 7 nitrogen and oxygen atoms in total. The lowest BCUT2D eigenvalue weighted by molar-refractivity contribution is -0.137. The Morgan fingerprint density at radius 2 is 2.21 bits per heavy atom. The predicted octanol–water partition coefficient (Wildman–Crippen LogP) is 0.156. The number of rotatable bonds is 7. The van der Waals surface area contributed by atoms with Gasteiger partial charge >= 0.3 is 5.97 Å². The van der Waals surface area contributed by atoms with E-state index in [-0.39, 0.29) is 25.6 Å². The zero-order chi connectivity index (χ0) is 14.4. The molecular weight excluding hydrogens is 250 g/mol. The molecule has 0 aliphatic heterocycles. The van der Waals surface area contributed by atoms with Crippen LogP contribution in [0.15, 0.2) is 6.07 Å². The molecule has 19 heavy (non-hydrogen) atoms. The molecule has 0 atom stereocenters. The number of carbonyl (C=O) groups excluding carboxylic acids is 1. The number of hydrogen-bond acceptors (Lipinski definition) is 4. The Kier molecular flexibility index (Phi) is 5.50. The Morgan fingerprint density at radius 3 is 2.68 bits per heavy atom. The van der Waals surface area contributed by atoms with E-state index in [1.54, 1.807) is 13.1 Å². The fourth-order valence-electron chi connectivity index (χ4n) is 1.68. The van der Waals surface area contributed by atoms with E-state index in [4.69, 9.17) is 9.84 Å². The molecule has 0 unspecified atom stereocenters. The lowest BCUT2D eigenvalue weighted by atomic mass is 10.2. The van der Waals surface area contributed by atoms with Gasteiger partial charge in [-0.05, 0) is 12.5 Å². The van der Waals surface area contributed by atoms with Crippen molar-refractivity contribution < 1.29 is 19.4 Å². The smallest absolute Gasteiger partial charge is 0.323 e. The topological polar surface area (TPSA) is 84.7 Å². The number of carboxylic acids is 1. The molecule has 0 spiro atoms. The first kappa shape index (κ1) is 15.2. The maximum Gasteiger partial charge on any atom is 0.323 e. The molecule has 7 heteroatoms. The van der Waals surface area contributed by atoms with E-state index in [9.17, 15) is 9.59 Å². The molecule has 0 aromatic carbocycles. The van der Waals surface area contributed by atoms with Gasteiger partial charge in [-0.2, -0.15) is 5.10 Å². The fourth-order valence-corrected chi connectivity index (χ4v) is 1.68. The van der Waals surface area contributed by atoms with Gasteiger partial charge in [0.05, 0.1) is 12.3 Å². The van der Waals surface area contributed by atoms with Crippen LogP contribution in [0.25, 0.3) is 0 Å². The maximum atomic E-state index is 12.3. The summed E-state index contributed by atoms with van der Waals surface area (Å²) < 4.78 is 6.36. The standard InChI is InChI=1S/C12H19N3O4/c1-4-9-7-10(14(2)13-9)12(18)15(5-6-19-3)8-11(16)17/h7H,4-6,8H2,1-3H3,(H,16,17).